The summed E-state index contributed by atoms with van der Waals surface area (Å²) in [6, 6.07) is 7.18. The fraction of sp³-hybridized carbons (Fsp3) is 0.500. The minimum absolute atomic E-state index is 0.223. The van der Waals surface area contributed by atoms with Crippen molar-refractivity contribution in [2.45, 2.75) is 39.2 Å². The topological polar surface area (TPSA) is 57.5 Å². The second kappa shape index (κ2) is 5.85. The molecule has 1 aromatic carbocycles. The van der Waals surface area contributed by atoms with Gasteiger partial charge >= 0.3 is 5.97 Å². The summed E-state index contributed by atoms with van der Waals surface area (Å²) in [6.07, 6.45) is -0.428. The Kier molecular flexibility index (Phi) is 4.93. The number of rotatable bonds is 4. The molecule has 0 radical (unpaired) electrons. The normalized spacial score (nSPS) is 15.2. The Hall–Kier alpha value is -0.870. The first-order chi connectivity index (χ1) is 8.21. The van der Waals surface area contributed by atoms with Gasteiger partial charge in [0.1, 0.15) is 0 Å². The van der Waals surface area contributed by atoms with Crippen LogP contribution in [0, 0.1) is 5.41 Å². The van der Waals surface area contributed by atoms with E-state index in [2.05, 4.69) is 15.9 Å². The summed E-state index contributed by atoms with van der Waals surface area (Å²) in [6.45, 7) is 5.70. The fourth-order valence-corrected chi connectivity index (χ4v) is 1.92. The van der Waals surface area contributed by atoms with Crippen LogP contribution in [0.15, 0.2) is 28.7 Å². The molecule has 1 aromatic rings. The molecular weight excluding hydrogens is 296 g/mol. The molecule has 4 heteroatoms. The summed E-state index contributed by atoms with van der Waals surface area (Å²) in [4.78, 5) is 11.3. The van der Waals surface area contributed by atoms with Crippen molar-refractivity contribution in [3.63, 3.8) is 0 Å². The number of aliphatic carboxylic acids is 1. The van der Waals surface area contributed by atoms with Crippen LogP contribution in [-0.2, 0) is 4.79 Å². The van der Waals surface area contributed by atoms with E-state index in [0.29, 0.717) is 5.56 Å². The van der Waals surface area contributed by atoms with Crippen molar-refractivity contribution in [3.8, 4) is 0 Å². The van der Waals surface area contributed by atoms with Gasteiger partial charge in [-0.25, -0.2) is 0 Å². The highest BCUT2D eigenvalue weighted by molar-refractivity contribution is 9.10. The molecule has 0 aliphatic heterocycles. The van der Waals surface area contributed by atoms with Crippen molar-refractivity contribution in [2.24, 2.45) is 5.41 Å². The number of hydrogen-bond acceptors (Lipinski definition) is 2. The lowest BCUT2D eigenvalue weighted by Crippen LogP contribution is -2.30. The molecule has 0 fully saturated rings. The number of carboxylic acid groups (broad SMARTS) is 1. The van der Waals surface area contributed by atoms with E-state index >= 15 is 0 Å². The van der Waals surface area contributed by atoms with Gasteiger partial charge in [0.25, 0.3) is 0 Å². The molecule has 0 saturated carbocycles. The third-order valence-electron chi connectivity index (χ3n) is 3.03. The van der Waals surface area contributed by atoms with Gasteiger partial charge < -0.3 is 10.2 Å². The SMILES string of the molecule is CC(C)(C)C(O)CC(C(=O)O)c1ccc(Br)cc1. The molecule has 0 amide bonds. The molecule has 0 bridgehead atoms. The van der Waals surface area contributed by atoms with Crippen LogP contribution in [0.2, 0.25) is 0 Å². The van der Waals surface area contributed by atoms with E-state index in [1.165, 1.54) is 0 Å². The lowest BCUT2D eigenvalue weighted by molar-refractivity contribution is -0.140. The van der Waals surface area contributed by atoms with Gasteiger partial charge in [0.2, 0.25) is 0 Å². The first kappa shape index (κ1) is 15.2. The lowest BCUT2D eigenvalue weighted by Gasteiger charge is -2.28. The zero-order valence-corrected chi connectivity index (χ0v) is 12.4. The van der Waals surface area contributed by atoms with Crippen LogP contribution in [0.25, 0.3) is 0 Å². The Labute approximate surface area is 116 Å². The summed E-state index contributed by atoms with van der Waals surface area (Å²) >= 11 is 3.32. The van der Waals surface area contributed by atoms with Gasteiger partial charge in [-0.1, -0.05) is 48.8 Å². The van der Waals surface area contributed by atoms with E-state index in [9.17, 15) is 15.0 Å². The Morgan fingerprint density at radius 2 is 1.78 bits per heavy atom. The van der Waals surface area contributed by atoms with Crippen LogP contribution < -0.4 is 0 Å². The van der Waals surface area contributed by atoms with Crippen molar-refractivity contribution in [2.75, 3.05) is 0 Å². The summed E-state index contributed by atoms with van der Waals surface area (Å²) < 4.78 is 0.909. The molecule has 0 aliphatic carbocycles. The number of aliphatic hydroxyl groups is 1. The molecular formula is C14H19BrO3. The average Bonchev–Trinajstić information content (AvgIpc) is 2.25. The predicted molar refractivity (Wildman–Crippen MR) is 74.6 cm³/mol. The summed E-state index contributed by atoms with van der Waals surface area (Å²) in [7, 11) is 0. The number of halogens is 1. The maximum absolute atomic E-state index is 11.3. The standard InChI is InChI=1S/C14H19BrO3/c1-14(2,3)12(16)8-11(13(17)18)9-4-6-10(15)7-5-9/h4-7,11-12,16H,8H2,1-3H3,(H,17,18). The highest BCUT2D eigenvalue weighted by Crippen LogP contribution is 2.30. The van der Waals surface area contributed by atoms with Crippen LogP contribution >= 0.6 is 15.9 Å². The van der Waals surface area contributed by atoms with E-state index in [1.807, 2.05) is 32.9 Å². The maximum Gasteiger partial charge on any atom is 0.311 e. The van der Waals surface area contributed by atoms with Crippen LogP contribution in [-0.4, -0.2) is 22.3 Å². The number of aliphatic hydroxyl groups excluding tert-OH is 1. The first-order valence-electron chi connectivity index (χ1n) is 5.88. The van der Waals surface area contributed by atoms with Crippen molar-refractivity contribution in [1.82, 2.24) is 0 Å². The minimum atomic E-state index is -0.902. The second-order valence-corrected chi connectivity index (χ2v) is 6.48. The summed E-state index contributed by atoms with van der Waals surface area (Å²) in [5, 5.41) is 19.3. The van der Waals surface area contributed by atoms with Crippen LogP contribution in [0.5, 0.6) is 0 Å². The number of carbonyl (C=O) groups is 1. The predicted octanol–water partition coefficient (Wildman–Crippen LogP) is 3.41. The highest BCUT2D eigenvalue weighted by Gasteiger charge is 2.29. The van der Waals surface area contributed by atoms with Gasteiger partial charge in [0.15, 0.2) is 0 Å². The van der Waals surface area contributed by atoms with Gasteiger partial charge in [-0.3, -0.25) is 4.79 Å². The van der Waals surface area contributed by atoms with E-state index in [4.69, 9.17) is 0 Å². The van der Waals surface area contributed by atoms with Gasteiger partial charge in [-0.15, -0.1) is 0 Å². The van der Waals surface area contributed by atoms with Crippen LogP contribution in [0.3, 0.4) is 0 Å². The zero-order valence-electron chi connectivity index (χ0n) is 10.9. The third-order valence-corrected chi connectivity index (χ3v) is 3.56. The quantitative estimate of drug-likeness (QED) is 0.895. The Bertz CT molecular complexity index is 406. The summed E-state index contributed by atoms with van der Waals surface area (Å²) in [5.41, 5.74) is 0.400. The average molecular weight is 315 g/mol. The lowest BCUT2D eigenvalue weighted by atomic mass is 9.81. The molecule has 2 unspecified atom stereocenters. The smallest absolute Gasteiger partial charge is 0.311 e. The van der Waals surface area contributed by atoms with E-state index < -0.39 is 18.0 Å². The maximum atomic E-state index is 11.3. The van der Waals surface area contributed by atoms with Gasteiger partial charge in [-0.2, -0.15) is 0 Å². The van der Waals surface area contributed by atoms with E-state index in [0.717, 1.165) is 4.47 Å². The first-order valence-corrected chi connectivity index (χ1v) is 6.67. The Morgan fingerprint density at radius 1 is 1.28 bits per heavy atom. The van der Waals surface area contributed by atoms with Gasteiger partial charge in [0, 0.05) is 4.47 Å². The molecule has 0 aliphatic rings. The molecule has 0 heterocycles. The van der Waals surface area contributed by atoms with Crippen molar-refractivity contribution in [3.05, 3.63) is 34.3 Å². The highest BCUT2D eigenvalue weighted by atomic mass is 79.9. The molecule has 2 atom stereocenters. The Morgan fingerprint density at radius 3 is 2.17 bits per heavy atom. The number of benzene rings is 1. The Balaban J connectivity index is 2.91. The molecule has 0 spiro atoms. The zero-order chi connectivity index (χ0) is 13.9. The molecule has 0 aromatic heterocycles. The van der Waals surface area contributed by atoms with E-state index in [1.54, 1.807) is 12.1 Å². The van der Waals surface area contributed by atoms with Crippen molar-refractivity contribution in [1.29, 1.82) is 0 Å². The second-order valence-electron chi connectivity index (χ2n) is 5.56. The number of carboxylic acids is 1. The molecule has 3 nitrogen and oxygen atoms in total. The largest absolute Gasteiger partial charge is 0.481 e. The number of hydrogen-bond donors (Lipinski definition) is 2. The monoisotopic (exact) mass is 314 g/mol. The minimum Gasteiger partial charge on any atom is -0.481 e. The fourth-order valence-electron chi connectivity index (χ4n) is 1.65. The van der Waals surface area contributed by atoms with Crippen LogP contribution in [0.4, 0.5) is 0 Å². The summed E-state index contributed by atoms with van der Waals surface area (Å²) in [5.74, 6) is -1.58. The van der Waals surface area contributed by atoms with Crippen molar-refractivity contribution >= 4 is 21.9 Å². The molecule has 18 heavy (non-hydrogen) atoms. The van der Waals surface area contributed by atoms with Crippen molar-refractivity contribution < 1.29 is 15.0 Å². The molecule has 2 N–H and O–H groups in total. The molecule has 100 valence electrons. The molecule has 1 rings (SSSR count). The van der Waals surface area contributed by atoms with Gasteiger partial charge in [-0.05, 0) is 29.5 Å². The van der Waals surface area contributed by atoms with E-state index in [-0.39, 0.29) is 11.8 Å². The van der Waals surface area contributed by atoms with Crippen LogP contribution in [0.1, 0.15) is 38.7 Å². The third kappa shape index (κ3) is 4.10. The van der Waals surface area contributed by atoms with Gasteiger partial charge in [0.05, 0.1) is 12.0 Å². The molecule has 0 saturated heterocycles.